The predicted octanol–water partition coefficient (Wildman–Crippen LogP) is 1.24. The monoisotopic (exact) mass is 254 g/mol. The summed E-state index contributed by atoms with van der Waals surface area (Å²) in [6, 6.07) is 3.58. The van der Waals surface area contributed by atoms with Crippen molar-refractivity contribution in [2.45, 2.75) is 0 Å². The molecule has 0 aliphatic rings. The number of imidazole rings is 1. The van der Waals surface area contributed by atoms with Gasteiger partial charge in [-0.15, -0.1) is 0 Å². The summed E-state index contributed by atoms with van der Waals surface area (Å²) in [5.74, 6) is 0.504. The van der Waals surface area contributed by atoms with Crippen LogP contribution in [0.4, 0.5) is 5.69 Å². The van der Waals surface area contributed by atoms with Gasteiger partial charge < -0.3 is 5.32 Å². The Morgan fingerprint density at radius 2 is 2.26 bits per heavy atom. The summed E-state index contributed by atoms with van der Waals surface area (Å²) >= 11 is 0. The van der Waals surface area contributed by atoms with Crippen LogP contribution in [-0.4, -0.2) is 30.6 Å². The van der Waals surface area contributed by atoms with Crippen molar-refractivity contribution in [1.82, 2.24) is 24.7 Å². The van der Waals surface area contributed by atoms with E-state index in [9.17, 15) is 4.79 Å². The molecule has 7 nitrogen and oxygen atoms in total. The Kier molecular flexibility index (Phi) is 2.77. The van der Waals surface area contributed by atoms with Crippen molar-refractivity contribution in [2.24, 2.45) is 0 Å². The van der Waals surface area contributed by atoms with E-state index in [4.69, 9.17) is 0 Å². The number of rotatable bonds is 3. The van der Waals surface area contributed by atoms with Gasteiger partial charge in [0, 0.05) is 18.6 Å². The molecule has 0 aromatic carbocycles. The van der Waals surface area contributed by atoms with Gasteiger partial charge in [0.05, 0.1) is 23.6 Å². The van der Waals surface area contributed by atoms with Gasteiger partial charge in [-0.2, -0.15) is 5.10 Å². The Bertz CT molecular complexity index is 657. The van der Waals surface area contributed by atoms with Gasteiger partial charge in [0.15, 0.2) is 0 Å². The molecule has 0 atom stereocenters. The van der Waals surface area contributed by atoms with Crippen LogP contribution in [0.1, 0.15) is 10.4 Å². The molecule has 19 heavy (non-hydrogen) atoms. The molecule has 0 fully saturated rings. The van der Waals surface area contributed by atoms with Gasteiger partial charge in [-0.25, -0.2) is 9.97 Å². The number of carbonyl (C=O) groups is 1. The zero-order valence-corrected chi connectivity index (χ0v) is 9.82. The van der Waals surface area contributed by atoms with Crippen LogP contribution >= 0.6 is 0 Å². The van der Waals surface area contributed by atoms with Crippen LogP contribution in [0.5, 0.6) is 0 Å². The number of H-pyrrole nitrogens is 1. The van der Waals surface area contributed by atoms with Crippen molar-refractivity contribution in [3.63, 3.8) is 0 Å². The molecule has 0 radical (unpaired) electrons. The number of anilines is 1. The summed E-state index contributed by atoms with van der Waals surface area (Å²) in [7, 11) is 0. The van der Waals surface area contributed by atoms with Crippen LogP contribution in [-0.2, 0) is 0 Å². The van der Waals surface area contributed by atoms with Crippen molar-refractivity contribution >= 4 is 11.6 Å². The number of amides is 1. The minimum Gasteiger partial charge on any atom is -0.320 e. The number of nitrogens with zero attached hydrogens (tertiary/aromatic N) is 4. The average Bonchev–Trinajstić information content (AvgIpc) is 3.13. The number of aromatic nitrogens is 5. The topological polar surface area (TPSA) is 88.5 Å². The molecule has 0 bridgehead atoms. The van der Waals surface area contributed by atoms with Crippen LogP contribution in [0.25, 0.3) is 5.82 Å². The van der Waals surface area contributed by atoms with Crippen molar-refractivity contribution < 1.29 is 4.79 Å². The van der Waals surface area contributed by atoms with Gasteiger partial charge in [-0.05, 0) is 12.1 Å². The largest absolute Gasteiger partial charge is 0.320 e. The quantitative estimate of drug-likeness (QED) is 0.736. The molecule has 0 aliphatic heterocycles. The number of aromatic amines is 1. The molecular formula is C12H10N6O. The second kappa shape index (κ2) is 4.73. The highest BCUT2D eigenvalue weighted by Crippen LogP contribution is 2.10. The molecule has 2 N–H and O–H groups in total. The summed E-state index contributed by atoms with van der Waals surface area (Å²) in [6.45, 7) is 0. The molecule has 0 spiro atoms. The molecule has 1 amide bonds. The van der Waals surface area contributed by atoms with Gasteiger partial charge in [0.2, 0.25) is 0 Å². The maximum Gasteiger partial charge on any atom is 0.258 e. The molecule has 0 saturated heterocycles. The molecule has 3 aromatic heterocycles. The summed E-state index contributed by atoms with van der Waals surface area (Å²) < 4.78 is 1.78. The van der Waals surface area contributed by atoms with Crippen LogP contribution in [0.3, 0.4) is 0 Å². The molecular weight excluding hydrogens is 244 g/mol. The van der Waals surface area contributed by atoms with Crippen molar-refractivity contribution in [1.29, 1.82) is 0 Å². The molecule has 0 aliphatic carbocycles. The van der Waals surface area contributed by atoms with E-state index in [1.807, 2.05) is 0 Å². The molecule has 3 aromatic rings. The summed E-state index contributed by atoms with van der Waals surface area (Å²) in [4.78, 5) is 20.0. The second-order valence-corrected chi connectivity index (χ2v) is 3.82. The summed E-state index contributed by atoms with van der Waals surface area (Å²) in [5.41, 5.74) is 1.09. The maximum atomic E-state index is 11.8. The third-order valence-electron chi connectivity index (χ3n) is 2.54. The first-order valence-corrected chi connectivity index (χ1v) is 5.57. The maximum absolute atomic E-state index is 11.8. The van der Waals surface area contributed by atoms with E-state index < -0.39 is 0 Å². The number of nitrogens with one attached hydrogen (secondary N) is 2. The lowest BCUT2D eigenvalue weighted by atomic mass is 10.3. The molecule has 7 heteroatoms. The van der Waals surface area contributed by atoms with E-state index in [2.05, 4.69) is 25.5 Å². The van der Waals surface area contributed by atoms with Crippen molar-refractivity contribution in [3.05, 3.63) is 55.0 Å². The molecule has 3 heterocycles. The van der Waals surface area contributed by atoms with Crippen molar-refractivity contribution in [3.8, 4) is 5.82 Å². The van der Waals surface area contributed by atoms with Gasteiger partial charge in [0.25, 0.3) is 5.91 Å². The Morgan fingerprint density at radius 1 is 1.32 bits per heavy atom. The SMILES string of the molecule is O=C(Nc1ccc(-n2ccnc2)nc1)c1cn[nH]c1. The highest BCUT2D eigenvalue weighted by molar-refractivity contribution is 6.03. The highest BCUT2D eigenvalue weighted by Gasteiger charge is 2.07. The third kappa shape index (κ3) is 2.34. The van der Waals surface area contributed by atoms with Gasteiger partial charge in [-0.1, -0.05) is 0 Å². The number of pyridine rings is 1. The summed E-state index contributed by atoms with van der Waals surface area (Å²) in [6.07, 6.45) is 9.72. The molecule has 3 rings (SSSR count). The highest BCUT2D eigenvalue weighted by atomic mass is 16.1. The van der Waals surface area contributed by atoms with Gasteiger partial charge in [-0.3, -0.25) is 14.5 Å². The summed E-state index contributed by atoms with van der Waals surface area (Å²) in [5, 5.41) is 9.04. The van der Waals surface area contributed by atoms with E-state index >= 15 is 0 Å². The van der Waals surface area contributed by atoms with E-state index in [1.165, 1.54) is 12.4 Å². The van der Waals surface area contributed by atoms with E-state index in [-0.39, 0.29) is 5.91 Å². The number of hydrogen-bond acceptors (Lipinski definition) is 4. The lowest BCUT2D eigenvalue weighted by Crippen LogP contribution is -2.11. The minimum atomic E-state index is -0.231. The molecule has 0 unspecified atom stereocenters. The number of hydrogen-bond donors (Lipinski definition) is 2. The van der Waals surface area contributed by atoms with Crippen LogP contribution in [0.15, 0.2) is 49.4 Å². The Labute approximate surface area is 108 Å². The Balaban J connectivity index is 1.75. The average molecular weight is 254 g/mol. The lowest BCUT2D eigenvalue weighted by Gasteiger charge is -2.05. The third-order valence-corrected chi connectivity index (χ3v) is 2.54. The first kappa shape index (κ1) is 11.1. The van der Waals surface area contributed by atoms with Gasteiger partial charge >= 0.3 is 0 Å². The van der Waals surface area contributed by atoms with Gasteiger partial charge in [0.1, 0.15) is 12.1 Å². The van der Waals surface area contributed by atoms with Crippen LogP contribution < -0.4 is 5.32 Å². The smallest absolute Gasteiger partial charge is 0.258 e. The molecule has 0 saturated carbocycles. The standard InChI is InChI=1S/C12H10N6O/c19-12(9-5-15-16-6-9)17-10-1-2-11(14-7-10)18-4-3-13-8-18/h1-8H,(H,15,16)(H,17,19). The predicted molar refractivity (Wildman–Crippen MR) is 67.9 cm³/mol. The first-order valence-electron chi connectivity index (χ1n) is 5.57. The van der Waals surface area contributed by atoms with Crippen molar-refractivity contribution in [2.75, 3.05) is 5.32 Å². The zero-order valence-electron chi connectivity index (χ0n) is 9.82. The minimum absolute atomic E-state index is 0.231. The van der Waals surface area contributed by atoms with E-state index in [1.54, 1.807) is 41.6 Å². The zero-order chi connectivity index (χ0) is 13.1. The van der Waals surface area contributed by atoms with Crippen LogP contribution in [0, 0.1) is 0 Å². The number of carbonyl (C=O) groups excluding carboxylic acids is 1. The first-order chi connectivity index (χ1) is 9.33. The van der Waals surface area contributed by atoms with E-state index in [0.29, 0.717) is 11.3 Å². The van der Waals surface area contributed by atoms with E-state index in [0.717, 1.165) is 5.82 Å². The Hall–Kier alpha value is -2.96. The van der Waals surface area contributed by atoms with Crippen LogP contribution in [0.2, 0.25) is 0 Å². The fourth-order valence-electron chi connectivity index (χ4n) is 1.59. The normalized spacial score (nSPS) is 10.3. The lowest BCUT2D eigenvalue weighted by molar-refractivity contribution is 0.102. The Morgan fingerprint density at radius 3 is 2.89 bits per heavy atom. The molecule has 94 valence electrons. The second-order valence-electron chi connectivity index (χ2n) is 3.82. The fourth-order valence-corrected chi connectivity index (χ4v) is 1.59. The fraction of sp³-hybridized carbons (Fsp3) is 0.